The van der Waals surface area contributed by atoms with Crippen LogP contribution in [0.25, 0.3) is 11.1 Å². The Bertz CT molecular complexity index is 737. The summed E-state index contributed by atoms with van der Waals surface area (Å²) in [6.45, 7) is 0. The minimum absolute atomic E-state index is 0.506. The Morgan fingerprint density at radius 1 is 0.818 bits per heavy atom. The van der Waals surface area contributed by atoms with E-state index in [1.54, 1.807) is 12.1 Å². The third-order valence-electron chi connectivity index (χ3n) is 3.14. The number of carbonyl (C=O) groups excluding carboxylic acids is 1. The number of hydrogen-bond acceptors (Lipinski definition) is 2. The van der Waals surface area contributed by atoms with E-state index in [1.807, 2.05) is 66.7 Å². The summed E-state index contributed by atoms with van der Waals surface area (Å²) in [4.78, 5) is 11.8. The van der Waals surface area contributed by atoms with Gasteiger partial charge in [0, 0.05) is 5.69 Å². The molecule has 3 aromatic rings. The molecule has 0 saturated carbocycles. The van der Waals surface area contributed by atoms with E-state index in [2.05, 4.69) is 11.4 Å². The maximum atomic E-state index is 11.8. The lowest BCUT2D eigenvalue weighted by molar-refractivity contribution is 0.215. The molecule has 22 heavy (non-hydrogen) atoms. The van der Waals surface area contributed by atoms with Crippen molar-refractivity contribution in [1.82, 2.24) is 0 Å². The molecule has 3 nitrogen and oxygen atoms in total. The lowest BCUT2D eigenvalue weighted by atomic mass is 10.1. The van der Waals surface area contributed by atoms with E-state index in [4.69, 9.17) is 4.74 Å². The van der Waals surface area contributed by atoms with Crippen LogP contribution in [0.4, 0.5) is 10.5 Å². The zero-order valence-corrected chi connectivity index (χ0v) is 11.8. The molecule has 3 heteroatoms. The molecule has 0 bridgehead atoms. The second kappa shape index (κ2) is 6.59. The van der Waals surface area contributed by atoms with Crippen LogP contribution in [0, 0.1) is 6.07 Å². The van der Waals surface area contributed by atoms with Crippen LogP contribution in [0.1, 0.15) is 0 Å². The van der Waals surface area contributed by atoms with Crippen LogP contribution in [0.2, 0.25) is 0 Å². The Morgan fingerprint density at radius 3 is 2.14 bits per heavy atom. The van der Waals surface area contributed by atoms with Crippen molar-refractivity contribution in [3.05, 3.63) is 84.9 Å². The fraction of sp³-hybridized carbons (Fsp3) is 0. The molecule has 0 fully saturated rings. The summed E-state index contributed by atoms with van der Waals surface area (Å²) in [5, 5.41) is 2.70. The minimum Gasteiger partial charge on any atom is -0.410 e. The fourth-order valence-electron chi connectivity index (χ4n) is 2.06. The predicted octanol–water partition coefficient (Wildman–Crippen LogP) is 4.76. The van der Waals surface area contributed by atoms with E-state index in [0.717, 1.165) is 11.1 Å². The van der Waals surface area contributed by atoms with Crippen molar-refractivity contribution in [2.24, 2.45) is 0 Å². The highest BCUT2D eigenvalue weighted by molar-refractivity contribution is 5.86. The number of amides is 1. The van der Waals surface area contributed by atoms with Crippen molar-refractivity contribution in [2.45, 2.75) is 0 Å². The number of rotatable bonds is 3. The summed E-state index contributed by atoms with van der Waals surface area (Å²) in [5.41, 5.74) is 2.88. The van der Waals surface area contributed by atoms with Gasteiger partial charge >= 0.3 is 6.09 Å². The average Bonchev–Trinajstić information content (AvgIpc) is 2.57. The third-order valence-corrected chi connectivity index (χ3v) is 3.14. The molecule has 1 amide bonds. The largest absolute Gasteiger partial charge is 0.417 e. The topological polar surface area (TPSA) is 38.3 Å². The van der Waals surface area contributed by atoms with Gasteiger partial charge in [0.05, 0.1) is 0 Å². The molecule has 0 unspecified atom stereocenters. The van der Waals surface area contributed by atoms with Gasteiger partial charge in [0.1, 0.15) is 5.75 Å². The van der Waals surface area contributed by atoms with Crippen molar-refractivity contribution in [3.8, 4) is 16.9 Å². The number of ether oxygens (including phenoxy) is 1. The van der Waals surface area contributed by atoms with Gasteiger partial charge < -0.3 is 4.74 Å². The summed E-state index contributed by atoms with van der Waals surface area (Å²) in [7, 11) is 0. The molecule has 0 heterocycles. The number of benzene rings is 3. The summed E-state index contributed by atoms with van der Waals surface area (Å²) < 4.78 is 5.18. The van der Waals surface area contributed by atoms with E-state index in [-0.39, 0.29) is 0 Å². The number of hydrogen-bond donors (Lipinski definition) is 1. The Labute approximate surface area is 129 Å². The van der Waals surface area contributed by atoms with Crippen LogP contribution < -0.4 is 10.1 Å². The fourth-order valence-corrected chi connectivity index (χ4v) is 2.06. The van der Waals surface area contributed by atoms with Crippen LogP contribution in [0.5, 0.6) is 5.75 Å². The molecule has 3 aromatic carbocycles. The molecule has 1 radical (unpaired) electrons. The lowest BCUT2D eigenvalue weighted by Crippen LogP contribution is -2.16. The second-order valence-electron chi connectivity index (χ2n) is 4.69. The highest BCUT2D eigenvalue weighted by atomic mass is 16.6. The Balaban J connectivity index is 1.65. The van der Waals surface area contributed by atoms with E-state index >= 15 is 0 Å². The molecular formula is C19H14NO2. The van der Waals surface area contributed by atoms with Gasteiger partial charge in [-0.2, -0.15) is 0 Å². The minimum atomic E-state index is -0.506. The Morgan fingerprint density at radius 2 is 1.45 bits per heavy atom. The highest BCUT2D eigenvalue weighted by Crippen LogP contribution is 2.21. The summed E-state index contributed by atoms with van der Waals surface area (Å²) in [6.07, 6.45) is -0.506. The zero-order valence-electron chi connectivity index (χ0n) is 11.8. The van der Waals surface area contributed by atoms with Crippen LogP contribution in [0.15, 0.2) is 78.9 Å². The molecule has 0 spiro atoms. The molecule has 107 valence electrons. The number of carbonyl (C=O) groups is 1. The van der Waals surface area contributed by atoms with E-state index in [1.165, 1.54) is 0 Å². The van der Waals surface area contributed by atoms with Gasteiger partial charge in [-0.05, 0) is 41.5 Å². The molecule has 0 saturated heterocycles. The van der Waals surface area contributed by atoms with Gasteiger partial charge in [-0.3, -0.25) is 5.32 Å². The van der Waals surface area contributed by atoms with Crippen molar-refractivity contribution in [2.75, 3.05) is 5.32 Å². The van der Waals surface area contributed by atoms with Crippen LogP contribution in [0.3, 0.4) is 0 Å². The molecule has 0 aliphatic carbocycles. The van der Waals surface area contributed by atoms with Gasteiger partial charge in [0.2, 0.25) is 0 Å². The molecule has 3 rings (SSSR count). The number of anilines is 1. The van der Waals surface area contributed by atoms with E-state index < -0.39 is 6.09 Å². The second-order valence-corrected chi connectivity index (χ2v) is 4.69. The number of nitrogens with one attached hydrogen (secondary N) is 1. The van der Waals surface area contributed by atoms with Crippen molar-refractivity contribution < 1.29 is 9.53 Å². The first-order chi connectivity index (χ1) is 10.8. The normalized spacial score (nSPS) is 10.0. The maximum absolute atomic E-state index is 11.8. The van der Waals surface area contributed by atoms with Crippen LogP contribution in [-0.4, -0.2) is 6.09 Å². The summed E-state index contributed by atoms with van der Waals surface area (Å²) in [6, 6.07) is 27.3. The lowest BCUT2D eigenvalue weighted by Gasteiger charge is -2.07. The van der Waals surface area contributed by atoms with Gasteiger partial charge in [0.25, 0.3) is 0 Å². The third kappa shape index (κ3) is 3.52. The first-order valence-corrected chi connectivity index (χ1v) is 6.92. The van der Waals surface area contributed by atoms with Crippen LogP contribution in [-0.2, 0) is 0 Å². The van der Waals surface area contributed by atoms with E-state index in [0.29, 0.717) is 11.4 Å². The van der Waals surface area contributed by atoms with Gasteiger partial charge in [0.15, 0.2) is 0 Å². The van der Waals surface area contributed by atoms with Gasteiger partial charge in [-0.15, -0.1) is 0 Å². The highest BCUT2D eigenvalue weighted by Gasteiger charge is 2.05. The average molecular weight is 288 g/mol. The molecule has 0 aromatic heterocycles. The molecular weight excluding hydrogens is 274 g/mol. The predicted molar refractivity (Wildman–Crippen MR) is 86.8 cm³/mol. The first kappa shape index (κ1) is 13.9. The monoisotopic (exact) mass is 288 g/mol. The molecule has 0 aliphatic rings. The Hall–Kier alpha value is -3.07. The zero-order chi connectivity index (χ0) is 15.2. The summed E-state index contributed by atoms with van der Waals surface area (Å²) >= 11 is 0. The van der Waals surface area contributed by atoms with Gasteiger partial charge in [-0.25, -0.2) is 4.79 Å². The van der Waals surface area contributed by atoms with Crippen LogP contribution >= 0.6 is 0 Å². The van der Waals surface area contributed by atoms with E-state index in [9.17, 15) is 4.79 Å². The van der Waals surface area contributed by atoms with Crippen molar-refractivity contribution in [3.63, 3.8) is 0 Å². The quantitative estimate of drug-likeness (QED) is 0.754. The summed E-state index contributed by atoms with van der Waals surface area (Å²) in [5.74, 6) is 0.511. The maximum Gasteiger partial charge on any atom is 0.417 e. The molecule has 1 N–H and O–H groups in total. The Kier molecular flexibility index (Phi) is 4.16. The van der Waals surface area contributed by atoms with Gasteiger partial charge in [-0.1, -0.05) is 54.6 Å². The standard InChI is InChI=1S/C19H14NO2/c21-19(22-18-9-5-2-6-10-18)20-17-13-11-16(12-14-17)15-7-3-1-4-8-15/h2-14H,(H,20,21). The first-order valence-electron chi connectivity index (χ1n) is 6.92. The molecule has 0 atom stereocenters. The smallest absolute Gasteiger partial charge is 0.410 e. The molecule has 0 aliphatic heterocycles. The number of para-hydroxylation sites is 1. The SMILES string of the molecule is O=C(Nc1ccc(-c2cc[c]cc2)cc1)Oc1ccccc1. The van der Waals surface area contributed by atoms with Crippen molar-refractivity contribution >= 4 is 11.8 Å². The van der Waals surface area contributed by atoms with Crippen molar-refractivity contribution in [1.29, 1.82) is 0 Å².